The van der Waals surface area contributed by atoms with Crippen LogP contribution in [0.1, 0.15) is 4.88 Å². The summed E-state index contributed by atoms with van der Waals surface area (Å²) in [4.78, 5) is 5.46. The Bertz CT molecular complexity index is 402. The number of imidazole rings is 1. The summed E-state index contributed by atoms with van der Waals surface area (Å²) in [6.45, 7) is 0.609. The van der Waals surface area contributed by atoms with Gasteiger partial charge in [0.2, 0.25) is 0 Å². The SMILES string of the molecule is Cn1cnc(-c2csc(CN)c2)c1. The summed E-state index contributed by atoms with van der Waals surface area (Å²) in [5, 5.41) is 2.09. The van der Waals surface area contributed by atoms with Gasteiger partial charge in [-0.2, -0.15) is 0 Å². The van der Waals surface area contributed by atoms with Gasteiger partial charge in [-0.15, -0.1) is 11.3 Å². The molecule has 0 atom stereocenters. The Balaban J connectivity index is 2.35. The van der Waals surface area contributed by atoms with E-state index in [1.165, 1.54) is 4.88 Å². The molecule has 4 heteroatoms. The maximum Gasteiger partial charge on any atom is 0.0951 e. The van der Waals surface area contributed by atoms with Crippen LogP contribution in [0.4, 0.5) is 0 Å². The van der Waals surface area contributed by atoms with Crippen molar-refractivity contribution in [1.82, 2.24) is 9.55 Å². The second-order valence-electron chi connectivity index (χ2n) is 2.93. The van der Waals surface area contributed by atoms with Gasteiger partial charge in [0.15, 0.2) is 0 Å². The zero-order valence-corrected chi connectivity index (χ0v) is 8.21. The van der Waals surface area contributed by atoms with Gasteiger partial charge < -0.3 is 10.3 Å². The van der Waals surface area contributed by atoms with Crippen LogP contribution < -0.4 is 5.73 Å². The minimum Gasteiger partial charge on any atom is -0.340 e. The Hall–Kier alpha value is -1.13. The number of nitrogens with two attached hydrogens (primary N) is 1. The van der Waals surface area contributed by atoms with Crippen LogP contribution in [0.2, 0.25) is 0 Å². The highest BCUT2D eigenvalue weighted by Gasteiger charge is 2.03. The summed E-state index contributed by atoms with van der Waals surface area (Å²) < 4.78 is 1.94. The lowest BCUT2D eigenvalue weighted by Gasteiger charge is -1.87. The van der Waals surface area contributed by atoms with Gasteiger partial charge in [-0.3, -0.25) is 0 Å². The molecule has 2 heterocycles. The fraction of sp³-hybridized carbons (Fsp3) is 0.222. The van der Waals surface area contributed by atoms with Gasteiger partial charge in [-0.05, 0) is 6.07 Å². The minimum atomic E-state index is 0.609. The second-order valence-corrected chi connectivity index (χ2v) is 3.93. The number of hydrogen-bond donors (Lipinski definition) is 1. The molecule has 0 amide bonds. The zero-order chi connectivity index (χ0) is 9.26. The molecule has 0 aliphatic rings. The van der Waals surface area contributed by atoms with E-state index in [1.807, 2.05) is 17.8 Å². The number of rotatable bonds is 2. The maximum atomic E-state index is 5.53. The van der Waals surface area contributed by atoms with Crippen LogP contribution in [0.3, 0.4) is 0 Å². The van der Waals surface area contributed by atoms with E-state index in [9.17, 15) is 0 Å². The monoisotopic (exact) mass is 193 g/mol. The van der Waals surface area contributed by atoms with Crippen LogP contribution >= 0.6 is 11.3 Å². The fourth-order valence-electron chi connectivity index (χ4n) is 1.18. The van der Waals surface area contributed by atoms with E-state index < -0.39 is 0 Å². The average Bonchev–Trinajstić information content (AvgIpc) is 2.71. The lowest BCUT2D eigenvalue weighted by molar-refractivity contribution is 0.913. The average molecular weight is 193 g/mol. The van der Waals surface area contributed by atoms with Gasteiger partial charge in [-0.25, -0.2) is 4.98 Å². The molecule has 0 saturated heterocycles. The van der Waals surface area contributed by atoms with Crippen molar-refractivity contribution >= 4 is 11.3 Å². The molecule has 0 radical (unpaired) electrons. The van der Waals surface area contributed by atoms with Crippen LogP contribution in [-0.2, 0) is 13.6 Å². The van der Waals surface area contributed by atoms with Gasteiger partial charge in [0, 0.05) is 35.6 Å². The number of thiophene rings is 1. The van der Waals surface area contributed by atoms with Crippen LogP contribution in [0.15, 0.2) is 24.0 Å². The van der Waals surface area contributed by atoms with E-state index in [0.29, 0.717) is 6.54 Å². The van der Waals surface area contributed by atoms with Gasteiger partial charge in [0.25, 0.3) is 0 Å². The van der Waals surface area contributed by atoms with E-state index in [0.717, 1.165) is 11.3 Å². The first-order chi connectivity index (χ1) is 6.29. The largest absolute Gasteiger partial charge is 0.340 e. The first-order valence-corrected chi connectivity index (χ1v) is 4.93. The summed E-state index contributed by atoms with van der Waals surface area (Å²) >= 11 is 1.68. The summed E-state index contributed by atoms with van der Waals surface area (Å²) in [6, 6.07) is 2.09. The van der Waals surface area contributed by atoms with Gasteiger partial charge in [-0.1, -0.05) is 0 Å². The first kappa shape index (κ1) is 8.47. The smallest absolute Gasteiger partial charge is 0.0951 e. The highest BCUT2D eigenvalue weighted by Crippen LogP contribution is 2.23. The molecule has 13 heavy (non-hydrogen) atoms. The van der Waals surface area contributed by atoms with E-state index in [-0.39, 0.29) is 0 Å². The van der Waals surface area contributed by atoms with Crippen LogP contribution in [-0.4, -0.2) is 9.55 Å². The maximum absolute atomic E-state index is 5.53. The third-order valence-electron chi connectivity index (χ3n) is 1.86. The van der Waals surface area contributed by atoms with E-state index >= 15 is 0 Å². The van der Waals surface area contributed by atoms with Crippen molar-refractivity contribution in [2.24, 2.45) is 12.8 Å². The van der Waals surface area contributed by atoms with Crippen LogP contribution in [0, 0.1) is 0 Å². The van der Waals surface area contributed by atoms with Crippen molar-refractivity contribution in [2.75, 3.05) is 0 Å². The van der Waals surface area contributed by atoms with Crippen molar-refractivity contribution in [3.8, 4) is 11.3 Å². The molecule has 0 fully saturated rings. The molecule has 0 aliphatic carbocycles. The lowest BCUT2D eigenvalue weighted by atomic mass is 10.2. The molecule has 2 aromatic rings. The van der Waals surface area contributed by atoms with Gasteiger partial charge >= 0.3 is 0 Å². The molecule has 0 unspecified atom stereocenters. The highest BCUT2D eigenvalue weighted by molar-refractivity contribution is 7.10. The standard InChI is InChI=1S/C9H11N3S/c1-12-4-9(11-6-12)7-2-8(3-10)13-5-7/h2,4-6H,3,10H2,1H3. The molecule has 0 bridgehead atoms. The molecular formula is C9H11N3S. The van der Waals surface area contributed by atoms with Gasteiger partial charge in [0.05, 0.1) is 12.0 Å². The molecule has 0 saturated carbocycles. The Morgan fingerprint density at radius 2 is 2.46 bits per heavy atom. The predicted molar refractivity (Wildman–Crippen MR) is 54.4 cm³/mol. The number of nitrogens with zero attached hydrogens (tertiary/aromatic N) is 2. The topological polar surface area (TPSA) is 43.8 Å². The van der Waals surface area contributed by atoms with Crippen molar-refractivity contribution in [1.29, 1.82) is 0 Å². The Labute approximate surface area is 80.8 Å². The summed E-state index contributed by atoms with van der Waals surface area (Å²) in [7, 11) is 1.96. The van der Waals surface area contributed by atoms with E-state index in [4.69, 9.17) is 5.73 Å². The number of hydrogen-bond acceptors (Lipinski definition) is 3. The zero-order valence-electron chi connectivity index (χ0n) is 7.40. The molecule has 2 aromatic heterocycles. The predicted octanol–water partition coefficient (Wildman–Crippen LogP) is 1.61. The summed E-state index contributed by atoms with van der Waals surface area (Å²) in [5.74, 6) is 0. The third kappa shape index (κ3) is 1.64. The molecular weight excluding hydrogens is 182 g/mol. The van der Waals surface area contributed by atoms with Crippen molar-refractivity contribution in [3.05, 3.63) is 28.8 Å². The second kappa shape index (κ2) is 3.32. The van der Waals surface area contributed by atoms with E-state index in [1.54, 1.807) is 17.7 Å². The minimum absolute atomic E-state index is 0.609. The summed E-state index contributed by atoms with van der Waals surface area (Å²) in [6.07, 6.45) is 3.80. The van der Waals surface area contributed by atoms with E-state index in [2.05, 4.69) is 16.4 Å². The van der Waals surface area contributed by atoms with Crippen LogP contribution in [0.25, 0.3) is 11.3 Å². The Morgan fingerprint density at radius 3 is 3.00 bits per heavy atom. The van der Waals surface area contributed by atoms with Crippen LogP contribution in [0.5, 0.6) is 0 Å². The Morgan fingerprint density at radius 1 is 1.62 bits per heavy atom. The first-order valence-electron chi connectivity index (χ1n) is 4.05. The number of aromatic nitrogens is 2. The molecule has 2 rings (SSSR count). The molecule has 3 nitrogen and oxygen atoms in total. The normalized spacial score (nSPS) is 10.6. The summed E-state index contributed by atoms with van der Waals surface area (Å²) in [5.41, 5.74) is 7.70. The molecule has 68 valence electrons. The Kier molecular flexibility index (Phi) is 2.16. The third-order valence-corrected chi connectivity index (χ3v) is 2.81. The molecule has 0 aromatic carbocycles. The molecule has 0 spiro atoms. The van der Waals surface area contributed by atoms with Crippen molar-refractivity contribution in [3.63, 3.8) is 0 Å². The molecule has 2 N–H and O–H groups in total. The highest BCUT2D eigenvalue weighted by atomic mass is 32.1. The quantitative estimate of drug-likeness (QED) is 0.787. The van der Waals surface area contributed by atoms with Gasteiger partial charge in [0.1, 0.15) is 0 Å². The molecule has 0 aliphatic heterocycles. The number of aryl methyl sites for hydroxylation is 1. The fourth-order valence-corrected chi connectivity index (χ4v) is 1.94. The van der Waals surface area contributed by atoms with Crippen molar-refractivity contribution < 1.29 is 0 Å². The van der Waals surface area contributed by atoms with Crippen molar-refractivity contribution in [2.45, 2.75) is 6.54 Å². The lowest BCUT2D eigenvalue weighted by Crippen LogP contribution is -1.91.